The Kier molecular flexibility index (Phi) is 4.99. The maximum Gasteiger partial charge on any atom is 0.243 e. The van der Waals surface area contributed by atoms with E-state index in [1.165, 1.54) is 16.4 Å². The Morgan fingerprint density at radius 1 is 1.38 bits per heavy atom. The van der Waals surface area contributed by atoms with Crippen LogP contribution in [-0.2, 0) is 10.0 Å². The lowest BCUT2D eigenvalue weighted by Crippen LogP contribution is -2.35. The van der Waals surface area contributed by atoms with E-state index < -0.39 is 15.8 Å². The summed E-state index contributed by atoms with van der Waals surface area (Å²) >= 11 is 0. The van der Waals surface area contributed by atoms with Gasteiger partial charge in [-0.1, -0.05) is 24.7 Å². The van der Waals surface area contributed by atoms with Crippen molar-refractivity contribution in [2.75, 3.05) is 13.7 Å². The summed E-state index contributed by atoms with van der Waals surface area (Å²) in [5.74, 6) is 4.08. The molecule has 0 aliphatic heterocycles. The van der Waals surface area contributed by atoms with Gasteiger partial charge in [-0.05, 0) is 31.0 Å². The molecule has 1 aromatic rings. The second-order valence-electron chi connectivity index (χ2n) is 5.06. The highest BCUT2D eigenvalue weighted by molar-refractivity contribution is 7.89. The predicted octanol–water partition coefficient (Wildman–Crippen LogP) is 1.73. The van der Waals surface area contributed by atoms with Crippen LogP contribution in [0.3, 0.4) is 0 Å². The molecule has 1 aromatic carbocycles. The normalized spacial score (nSPS) is 16.0. The molecule has 0 heterocycles. The fraction of sp³-hybridized carbons (Fsp3) is 0.467. The molecule has 114 valence electrons. The quantitative estimate of drug-likeness (QED) is 0.865. The minimum Gasteiger partial charge on any atom is -0.384 e. The number of rotatable bonds is 3. The number of hydrogen-bond acceptors (Lipinski definition) is 3. The monoisotopic (exact) mass is 311 g/mol. The van der Waals surface area contributed by atoms with Crippen LogP contribution in [0.4, 0.5) is 4.39 Å². The molecular formula is C15H18FNO3S. The summed E-state index contributed by atoms with van der Waals surface area (Å²) in [5.41, 5.74) is 0.0755. The molecular weight excluding hydrogens is 293 g/mol. The first-order valence-corrected chi connectivity index (χ1v) is 8.28. The molecule has 1 saturated carbocycles. The van der Waals surface area contributed by atoms with E-state index in [0.29, 0.717) is 0 Å². The van der Waals surface area contributed by atoms with Crippen molar-refractivity contribution in [3.05, 3.63) is 29.6 Å². The van der Waals surface area contributed by atoms with Gasteiger partial charge >= 0.3 is 0 Å². The minimum atomic E-state index is -3.69. The van der Waals surface area contributed by atoms with Crippen molar-refractivity contribution in [1.29, 1.82) is 0 Å². The van der Waals surface area contributed by atoms with Crippen LogP contribution in [0.2, 0.25) is 0 Å². The van der Waals surface area contributed by atoms with Gasteiger partial charge in [-0.3, -0.25) is 0 Å². The van der Waals surface area contributed by atoms with Crippen LogP contribution in [0.1, 0.15) is 31.2 Å². The van der Waals surface area contributed by atoms with Gasteiger partial charge in [0.25, 0.3) is 0 Å². The summed E-state index contributed by atoms with van der Waals surface area (Å²) in [6.45, 7) is -0.371. The summed E-state index contributed by atoms with van der Waals surface area (Å²) in [6, 6.07) is 3.66. The SMILES string of the molecule is CN(C1CCCC1)S(=O)(=O)c1ccc(C#CCO)c(F)c1. The van der Waals surface area contributed by atoms with E-state index in [4.69, 9.17) is 5.11 Å². The summed E-state index contributed by atoms with van der Waals surface area (Å²) in [7, 11) is -2.14. The van der Waals surface area contributed by atoms with Gasteiger partial charge in [-0.25, -0.2) is 12.8 Å². The van der Waals surface area contributed by atoms with E-state index in [1.54, 1.807) is 7.05 Å². The smallest absolute Gasteiger partial charge is 0.243 e. The topological polar surface area (TPSA) is 57.6 Å². The molecule has 0 spiro atoms. The molecule has 6 heteroatoms. The summed E-state index contributed by atoms with van der Waals surface area (Å²) in [5, 5.41) is 8.60. The zero-order chi connectivity index (χ0) is 15.5. The standard InChI is InChI=1S/C15H18FNO3S/c1-17(13-6-2-3-7-13)21(19,20)14-9-8-12(5-4-10-18)15(16)11-14/h8-9,11,13,18H,2-3,6-7,10H2,1H3. The second-order valence-corrected chi connectivity index (χ2v) is 7.06. The van der Waals surface area contributed by atoms with Gasteiger partial charge < -0.3 is 5.11 Å². The van der Waals surface area contributed by atoms with Gasteiger partial charge in [0, 0.05) is 13.1 Å². The predicted molar refractivity (Wildman–Crippen MR) is 77.6 cm³/mol. The largest absolute Gasteiger partial charge is 0.384 e. The molecule has 0 amide bonds. The molecule has 1 fully saturated rings. The highest BCUT2D eigenvalue weighted by Crippen LogP contribution is 2.27. The average molecular weight is 311 g/mol. The van der Waals surface area contributed by atoms with Crippen LogP contribution in [0, 0.1) is 17.7 Å². The third kappa shape index (κ3) is 3.43. The van der Waals surface area contributed by atoms with E-state index in [1.807, 2.05) is 0 Å². The lowest BCUT2D eigenvalue weighted by molar-refractivity contribution is 0.350. The Morgan fingerprint density at radius 3 is 2.62 bits per heavy atom. The molecule has 21 heavy (non-hydrogen) atoms. The summed E-state index contributed by atoms with van der Waals surface area (Å²) in [4.78, 5) is -0.0658. The van der Waals surface area contributed by atoms with E-state index in [-0.39, 0.29) is 23.1 Å². The van der Waals surface area contributed by atoms with Gasteiger partial charge in [0.1, 0.15) is 12.4 Å². The molecule has 0 bridgehead atoms. The van der Waals surface area contributed by atoms with Crippen molar-refractivity contribution >= 4 is 10.0 Å². The van der Waals surface area contributed by atoms with Crippen molar-refractivity contribution in [3.8, 4) is 11.8 Å². The summed E-state index contributed by atoms with van der Waals surface area (Å²) in [6.07, 6.45) is 3.74. The number of benzene rings is 1. The second kappa shape index (κ2) is 6.56. The zero-order valence-electron chi connectivity index (χ0n) is 11.8. The average Bonchev–Trinajstić information content (AvgIpc) is 2.99. The van der Waals surface area contributed by atoms with Gasteiger partial charge in [-0.15, -0.1) is 0 Å². The highest BCUT2D eigenvalue weighted by atomic mass is 32.2. The van der Waals surface area contributed by atoms with Crippen LogP contribution in [0.15, 0.2) is 23.1 Å². The van der Waals surface area contributed by atoms with Gasteiger partial charge in [-0.2, -0.15) is 4.31 Å². The maximum atomic E-state index is 13.9. The minimum absolute atomic E-state index is 0.00748. The van der Waals surface area contributed by atoms with Gasteiger partial charge in [0.05, 0.1) is 10.5 Å². The zero-order valence-corrected chi connectivity index (χ0v) is 12.7. The number of halogens is 1. The third-order valence-electron chi connectivity index (χ3n) is 3.76. The first kappa shape index (κ1) is 16.0. The van der Waals surface area contributed by atoms with Gasteiger partial charge in [0.15, 0.2) is 0 Å². The molecule has 4 nitrogen and oxygen atoms in total. The number of sulfonamides is 1. The molecule has 0 radical (unpaired) electrons. The van der Waals surface area contributed by atoms with E-state index >= 15 is 0 Å². The lowest BCUT2D eigenvalue weighted by Gasteiger charge is -2.23. The molecule has 0 saturated heterocycles. The number of hydrogen-bond donors (Lipinski definition) is 1. The fourth-order valence-electron chi connectivity index (χ4n) is 2.52. The first-order valence-electron chi connectivity index (χ1n) is 6.84. The fourth-order valence-corrected chi connectivity index (χ4v) is 3.95. The third-order valence-corrected chi connectivity index (χ3v) is 5.66. The number of nitrogens with zero attached hydrogens (tertiary/aromatic N) is 1. The Balaban J connectivity index is 2.30. The van der Waals surface area contributed by atoms with Crippen LogP contribution < -0.4 is 0 Å². The van der Waals surface area contributed by atoms with Crippen LogP contribution in [-0.4, -0.2) is 37.5 Å². The highest BCUT2D eigenvalue weighted by Gasteiger charge is 2.30. The molecule has 0 atom stereocenters. The molecule has 1 aliphatic carbocycles. The van der Waals surface area contributed by atoms with Crippen molar-refractivity contribution in [2.24, 2.45) is 0 Å². The number of aliphatic hydroxyl groups is 1. The Bertz CT molecular complexity index is 670. The first-order chi connectivity index (χ1) is 9.96. The van der Waals surface area contributed by atoms with E-state index in [9.17, 15) is 12.8 Å². The molecule has 2 rings (SSSR count). The Hall–Kier alpha value is -1.42. The molecule has 1 aliphatic rings. The molecule has 0 aromatic heterocycles. The molecule has 0 unspecified atom stereocenters. The summed E-state index contributed by atoms with van der Waals surface area (Å²) < 4.78 is 40.2. The maximum absolute atomic E-state index is 13.9. The number of aliphatic hydroxyl groups excluding tert-OH is 1. The van der Waals surface area contributed by atoms with Crippen molar-refractivity contribution in [3.63, 3.8) is 0 Å². The van der Waals surface area contributed by atoms with Crippen molar-refractivity contribution in [2.45, 2.75) is 36.6 Å². The Labute approximate surface area is 124 Å². The van der Waals surface area contributed by atoms with Crippen LogP contribution in [0.5, 0.6) is 0 Å². The van der Waals surface area contributed by atoms with Crippen LogP contribution in [0.25, 0.3) is 0 Å². The van der Waals surface area contributed by atoms with Gasteiger partial charge in [0.2, 0.25) is 10.0 Å². The van der Waals surface area contributed by atoms with Crippen molar-refractivity contribution in [1.82, 2.24) is 4.31 Å². The van der Waals surface area contributed by atoms with Crippen LogP contribution >= 0.6 is 0 Å². The van der Waals surface area contributed by atoms with E-state index in [0.717, 1.165) is 31.7 Å². The lowest BCUT2D eigenvalue weighted by atomic mass is 10.2. The van der Waals surface area contributed by atoms with E-state index in [2.05, 4.69) is 11.8 Å². The molecule has 1 N–H and O–H groups in total. The van der Waals surface area contributed by atoms with Crippen molar-refractivity contribution < 1.29 is 17.9 Å². The Morgan fingerprint density at radius 2 is 2.05 bits per heavy atom.